The number of aromatic nitrogens is 1. The Morgan fingerprint density at radius 1 is 1.64 bits per heavy atom. The maximum atomic E-state index is 8.57. The summed E-state index contributed by atoms with van der Waals surface area (Å²) >= 11 is 0. The molecule has 1 rings (SSSR count). The summed E-state index contributed by atoms with van der Waals surface area (Å²) in [5.74, 6) is 0.211. The van der Waals surface area contributed by atoms with Crippen LogP contribution in [0, 0.1) is 0 Å². The molecule has 1 aromatic rings. The van der Waals surface area contributed by atoms with Gasteiger partial charge in [-0.2, -0.15) is 0 Å². The van der Waals surface area contributed by atoms with Gasteiger partial charge < -0.3 is 10.4 Å². The molecule has 11 heavy (non-hydrogen) atoms. The Bertz CT molecular complexity index is 163. The first kappa shape index (κ1) is 9.91. The average Bonchev–Trinajstić information content (AvgIpc) is 2.07. The highest BCUT2D eigenvalue weighted by molar-refractivity contribution is 5.12. The predicted octanol–water partition coefficient (Wildman–Crippen LogP) is 1.01. The molecule has 0 aliphatic carbocycles. The predicted molar refractivity (Wildman–Crippen MR) is 45.5 cm³/mol. The van der Waals surface area contributed by atoms with Gasteiger partial charge in [0.1, 0.15) is 5.75 Å². The Morgan fingerprint density at radius 3 is 2.45 bits per heavy atom. The van der Waals surface area contributed by atoms with E-state index in [0.717, 1.165) is 6.54 Å². The van der Waals surface area contributed by atoms with Gasteiger partial charge in [-0.1, -0.05) is 6.92 Å². The van der Waals surface area contributed by atoms with Gasteiger partial charge in [0.05, 0.1) is 6.20 Å². The summed E-state index contributed by atoms with van der Waals surface area (Å²) in [7, 11) is 1.93. The van der Waals surface area contributed by atoms with Crippen molar-refractivity contribution >= 4 is 0 Å². The second-order valence-electron chi connectivity index (χ2n) is 1.92. The Balaban J connectivity index is 0.000000218. The van der Waals surface area contributed by atoms with E-state index in [4.69, 9.17) is 5.11 Å². The lowest BCUT2D eigenvalue weighted by atomic mass is 10.5. The summed E-state index contributed by atoms with van der Waals surface area (Å²) in [5, 5.41) is 11.5. The summed E-state index contributed by atoms with van der Waals surface area (Å²) in [4.78, 5) is 3.63. The van der Waals surface area contributed by atoms with Crippen LogP contribution >= 0.6 is 0 Å². The van der Waals surface area contributed by atoms with Crippen LogP contribution in [0.15, 0.2) is 24.5 Å². The standard InChI is InChI=1S/C5H5NO.C3H9N/c7-5-2-1-3-6-4-5;1-3-4-2/h1-4,7H;4H,3H2,1-2H3. The average molecular weight is 154 g/mol. The van der Waals surface area contributed by atoms with Crippen molar-refractivity contribution in [1.29, 1.82) is 0 Å². The smallest absolute Gasteiger partial charge is 0.133 e. The van der Waals surface area contributed by atoms with E-state index in [1.807, 2.05) is 7.05 Å². The maximum Gasteiger partial charge on any atom is 0.133 e. The zero-order valence-corrected chi connectivity index (χ0v) is 6.91. The summed E-state index contributed by atoms with van der Waals surface area (Å²) in [6, 6.07) is 3.25. The number of rotatable bonds is 1. The van der Waals surface area contributed by atoms with Crippen molar-refractivity contribution in [2.75, 3.05) is 13.6 Å². The van der Waals surface area contributed by atoms with E-state index in [1.54, 1.807) is 18.3 Å². The van der Waals surface area contributed by atoms with Gasteiger partial charge in [-0.15, -0.1) is 0 Å². The van der Waals surface area contributed by atoms with Crippen LogP contribution in [0.3, 0.4) is 0 Å². The van der Waals surface area contributed by atoms with Crippen LogP contribution in [0.1, 0.15) is 6.92 Å². The highest BCUT2D eigenvalue weighted by Gasteiger charge is 1.76. The van der Waals surface area contributed by atoms with E-state index < -0.39 is 0 Å². The van der Waals surface area contributed by atoms with E-state index in [-0.39, 0.29) is 5.75 Å². The third kappa shape index (κ3) is 6.80. The van der Waals surface area contributed by atoms with Crippen molar-refractivity contribution in [3.8, 4) is 5.75 Å². The molecule has 0 aromatic carbocycles. The summed E-state index contributed by atoms with van der Waals surface area (Å²) in [6.07, 6.45) is 3.00. The number of nitrogens with one attached hydrogen (secondary N) is 1. The number of aromatic hydroxyl groups is 1. The lowest BCUT2D eigenvalue weighted by Gasteiger charge is -1.81. The highest BCUT2D eigenvalue weighted by atomic mass is 16.3. The first-order valence-electron chi connectivity index (χ1n) is 3.54. The lowest BCUT2D eigenvalue weighted by molar-refractivity contribution is 0.472. The highest BCUT2D eigenvalue weighted by Crippen LogP contribution is 1.99. The normalized spacial score (nSPS) is 8.18. The Labute approximate surface area is 67.1 Å². The van der Waals surface area contributed by atoms with Crippen LogP contribution in [-0.2, 0) is 0 Å². The van der Waals surface area contributed by atoms with Gasteiger partial charge in [-0.05, 0) is 25.7 Å². The molecule has 2 N–H and O–H groups in total. The fourth-order valence-corrected chi connectivity index (χ4v) is 0.354. The second-order valence-corrected chi connectivity index (χ2v) is 1.92. The second kappa shape index (κ2) is 7.02. The molecule has 0 spiro atoms. The van der Waals surface area contributed by atoms with Crippen molar-refractivity contribution < 1.29 is 5.11 Å². The Kier molecular flexibility index (Phi) is 6.33. The third-order valence-corrected chi connectivity index (χ3v) is 0.999. The van der Waals surface area contributed by atoms with Gasteiger partial charge >= 0.3 is 0 Å². The minimum Gasteiger partial charge on any atom is -0.506 e. The molecule has 3 nitrogen and oxygen atoms in total. The van der Waals surface area contributed by atoms with Crippen LogP contribution in [0.4, 0.5) is 0 Å². The molecule has 3 heteroatoms. The first-order valence-corrected chi connectivity index (χ1v) is 3.54. The first-order chi connectivity index (χ1) is 5.31. The zero-order valence-electron chi connectivity index (χ0n) is 6.91. The molecule has 0 unspecified atom stereocenters. The van der Waals surface area contributed by atoms with Gasteiger partial charge in [0.15, 0.2) is 0 Å². The van der Waals surface area contributed by atoms with Crippen LogP contribution in [0.2, 0.25) is 0 Å². The minimum absolute atomic E-state index is 0.211. The van der Waals surface area contributed by atoms with Gasteiger partial charge in [0.25, 0.3) is 0 Å². The fourth-order valence-electron chi connectivity index (χ4n) is 0.354. The van der Waals surface area contributed by atoms with Crippen molar-refractivity contribution in [2.24, 2.45) is 0 Å². The zero-order chi connectivity index (χ0) is 8.53. The Hall–Kier alpha value is -1.09. The SMILES string of the molecule is CCNC.Oc1cccnc1. The molecule has 0 radical (unpaired) electrons. The molecule has 0 fully saturated rings. The molecular weight excluding hydrogens is 140 g/mol. The minimum atomic E-state index is 0.211. The van der Waals surface area contributed by atoms with E-state index in [2.05, 4.69) is 17.2 Å². The van der Waals surface area contributed by atoms with Crippen LogP contribution in [0.25, 0.3) is 0 Å². The largest absolute Gasteiger partial charge is 0.506 e. The quantitative estimate of drug-likeness (QED) is 0.634. The van der Waals surface area contributed by atoms with Crippen LogP contribution in [-0.4, -0.2) is 23.7 Å². The van der Waals surface area contributed by atoms with E-state index in [0.29, 0.717) is 0 Å². The van der Waals surface area contributed by atoms with Crippen molar-refractivity contribution in [1.82, 2.24) is 10.3 Å². The maximum absolute atomic E-state index is 8.57. The van der Waals surface area contributed by atoms with Gasteiger partial charge in [-0.3, -0.25) is 4.98 Å². The molecular formula is C8H14N2O. The van der Waals surface area contributed by atoms with Crippen molar-refractivity contribution in [3.05, 3.63) is 24.5 Å². The third-order valence-electron chi connectivity index (χ3n) is 0.999. The molecule has 1 heterocycles. The summed E-state index contributed by atoms with van der Waals surface area (Å²) in [5.41, 5.74) is 0. The number of pyridine rings is 1. The number of nitrogens with zero attached hydrogens (tertiary/aromatic N) is 1. The number of hydrogen-bond acceptors (Lipinski definition) is 3. The molecule has 1 aromatic heterocycles. The van der Waals surface area contributed by atoms with Gasteiger partial charge in [0.2, 0.25) is 0 Å². The summed E-state index contributed by atoms with van der Waals surface area (Å²) < 4.78 is 0. The molecule has 62 valence electrons. The molecule has 0 saturated heterocycles. The van der Waals surface area contributed by atoms with E-state index in [1.165, 1.54) is 6.20 Å². The Morgan fingerprint density at radius 2 is 2.27 bits per heavy atom. The summed E-state index contributed by atoms with van der Waals surface area (Å²) in [6.45, 7) is 3.14. The van der Waals surface area contributed by atoms with Crippen molar-refractivity contribution in [2.45, 2.75) is 6.92 Å². The van der Waals surface area contributed by atoms with E-state index in [9.17, 15) is 0 Å². The molecule has 0 aliphatic rings. The molecule has 0 bridgehead atoms. The molecule has 0 amide bonds. The van der Waals surface area contributed by atoms with E-state index >= 15 is 0 Å². The molecule has 0 atom stereocenters. The lowest BCUT2D eigenvalue weighted by Crippen LogP contribution is -2.01. The monoisotopic (exact) mass is 154 g/mol. The number of hydrogen-bond donors (Lipinski definition) is 2. The molecule has 0 saturated carbocycles. The molecule has 0 aliphatic heterocycles. The van der Waals surface area contributed by atoms with Gasteiger partial charge in [-0.25, -0.2) is 0 Å². The fraction of sp³-hybridized carbons (Fsp3) is 0.375. The van der Waals surface area contributed by atoms with Crippen LogP contribution in [0.5, 0.6) is 5.75 Å². The van der Waals surface area contributed by atoms with Crippen LogP contribution < -0.4 is 5.32 Å². The topological polar surface area (TPSA) is 45.1 Å². The van der Waals surface area contributed by atoms with Gasteiger partial charge in [0, 0.05) is 6.20 Å². The van der Waals surface area contributed by atoms with Crippen molar-refractivity contribution in [3.63, 3.8) is 0 Å².